The predicted octanol–water partition coefficient (Wildman–Crippen LogP) is 2.90. The van der Waals surface area contributed by atoms with E-state index in [1.807, 2.05) is 19.1 Å². The molecule has 0 atom stereocenters. The lowest BCUT2D eigenvalue weighted by atomic mass is 10.2. The van der Waals surface area contributed by atoms with Crippen LogP contribution in [0.1, 0.15) is 5.69 Å². The summed E-state index contributed by atoms with van der Waals surface area (Å²) in [6.45, 7) is 1.89. The summed E-state index contributed by atoms with van der Waals surface area (Å²) in [5.74, 6) is 0.215. The zero-order valence-corrected chi connectivity index (χ0v) is 7.84. The van der Waals surface area contributed by atoms with Crippen LogP contribution in [0.4, 0.5) is 0 Å². The molecule has 66 valence electrons. The molecule has 13 heavy (non-hydrogen) atoms. The molecular formula is C10H8ClNO. The van der Waals surface area contributed by atoms with Crippen LogP contribution in [0.5, 0.6) is 5.75 Å². The number of aromatic hydroxyl groups is 1. The molecule has 2 nitrogen and oxygen atoms in total. The zero-order chi connectivity index (χ0) is 9.42. The van der Waals surface area contributed by atoms with Crippen LogP contribution in [0.2, 0.25) is 5.02 Å². The van der Waals surface area contributed by atoms with Crippen molar-refractivity contribution in [3.05, 3.63) is 35.0 Å². The van der Waals surface area contributed by atoms with Crippen molar-refractivity contribution < 1.29 is 5.11 Å². The minimum absolute atomic E-state index is 0.215. The first-order valence-electron chi connectivity index (χ1n) is 3.93. The quantitative estimate of drug-likeness (QED) is 0.698. The smallest absolute Gasteiger partial charge is 0.125 e. The van der Waals surface area contributed by atoms with Gasteiger partial charge >= 0.3 is 0 Å². The Morgan fingerprint density at radius 2 is 2.00 bits per heavy atom. The van der Waals surface area contributed by atoms with Gasteiger partial charge in [0.15, 0.2) is 0 Å². The average Bonchev–Trinajstić information content (AvgIpc) is 2.12. The third kappa shape index (κ3) is 1.33. The van der Waals surface area contributed by atoms with Crippen molar-refractivity contribution in [3.63, 3.8) is 0 Å². The van der Waals surface area contributed by atoms with Crippen LogP contribution in [0.3, 0.4) is 0 Å². The van der Waals surface area contributed by atoms with Crippen molar-refractivity contribution >= 4 is 22.5 Å². The molecule has 0 aliphatic heterocycles. The molecule has 0 unspecified atom stereocenters. The van der Waals surface area contributed by atoms with Gasteiger partial charge in [0, 0.05) is 11.1 Å². The first kappa shape index (κ1) is 8.32. The van der Waals surface area contributed by atoms with Gasteiger partial charge in [-0.15, -0.1) is 0 Å². The van der Waals surface area contributed by atoms with Gasteiger partial charge in [0.05, 0.1) is 10.5 Å². The number of rotatable bonds is 0. The number of halogens is 1. The van der Waals surface area contributed by atoms with Crippen molar-refractivity contribution in [2.24, 2.45) is 0 Å². The highest BCUT2D eigenvalue weighted by molar-refractivity contribution is 6.35. The van der Waals surface area contributed by atoms with Gasteiger partial charge in [-0.2, -0.15) is 0 Å². The molecule has 0 aliphatic carbocycles. The van der Waals surface area contributed by atoms with Crippen molar-refractivity contribution in [1.82, 2.24) is 4.98 Å². The van der Waals surface area contributed by atoms with Gasteiger partial charge in [-0.05, 0) is 31.2 Å². The number of benzene rings is 1. The molecule has 1 aromatic heterocycles. The monoisotopic (exact) mass is 193 g/mol. The Bertz CT molecular complexity index is 468. The van der Waals surface area contributed by atoms with Crippen molar-refractivity contribution in [2.45, 2.75) is 6.92 Å². The second kappa shape index (κ2) is 2.89. The summed E-state index contributed by atoms with van der Waals surface area (Å²) >= 11 is 5.93. The van der Waals surface area contributed by atoms with E-state index < -0.39 is 0 Å². The number of aryl methyl sites for hydroxylation is 1. The zero-order valence-electron chi connectivity index (χ0n) is 7.08. The second-order valence-electron chi connectivity index (χ2n) is 2.92. The SMILES string of the molecule is Cc1ccc2c(O)ccc(Cl)c2n1. The Labute approximate surface area is 80.8 Å². The Morgan fingerprint density at radius 1 is 1.23 bits per heavy atom. The van der Waals surface area contributed by atoms with Crippen LogP contribution in [0, 0.1) is 6.92 Å². The van der Waals surface area contributed by atoms with E-state index in [1.165, 1.54) is 0 Å². The van der Waals surface area contributed by atoms with E-state index in [2.05, 4.69) is 4.98 Å². The summed E-state index contributed by atoms with van der Waals surface area (Å²) in [5, 5.41) is 10.7. The van der Waals surface area contributed by atoms with E-state index in [-0.39, 0.29) is 5.75 Å². The average molecular weight is 194 g/mol. The van der Waals surface area contributed by atoms with Crippen LogP contribution >= 0.6 is 11.6 Å². The molecule has 0 amide bonds. The lowest BCUT2D eigenvalue weighted by Crippen LogP contribution is -1.84. The van der Waals surface area contributed by atoms with Gasteiger partial charge < -0.3 is 5.11 Å². The van der Waals surface area contributed by atoms with E-state index in [0.717, 1.165) is 5.69 Å². The third-order valence-electron chi connectivity index (χ3n) is 1.92. The summed E-state index contributed by atoms with van der Waals surface area (Å²) in [6.07, 6.45) is 0. The minimum atomic E-state index is 0.215. The minimum Gasteiger partial charge on any atom is -0.507 e. The lowest BCUT2D eigenvalue weighted by molar-refractivity contribution is 0.481. The molecule has 1 N–H and O–H groups in total. The van der Waals surface area contributed by atoms with Crippen molar-refractivity contribution in [3.8, 4) is 5.75 Å². The summed E-state index contributed by atoms with van der Waals surface area (Å²) in [4.78, 5) is 4.24. The fourth-order valence-electron chi connectivity index (χ4n) is 1.27. The topological polar surface area (TPSA) is 33.1 Å². The lowest BCUT2D eigenvalue weighted by Gasteiger charge is -2.02. The van der Waals surface area contributed by atoms with Crippen LogP contribution < -0.4 is 0 Å². The number of phenols is 1. The molecule has 0 saturated carbocycles. The molecule has 0 saturated heterocycles. The van der Waals surface area contributed by atoms with Crippen LogP contribution in [0.15, 0.2) is 24.3 Å². The molecule has 2 rings (SSSR count). The molecule has 3 heteroatoms. The first-order valence-corrected chi connectivity index (χ1v) is 4.31. The van der Waals surface area contributed by atoms with Crippen molar-refractivity contribution in [2.75, 3.05) is 0 Å². The highest BCUT2D eigenvalue weighted by Crippen LogP contribution is 2.28. The number of nitrogens with zero attached hydrogens (tertiary/aromatic N) is 1. The maximum atomic E-state index is 9.49. The number of phenolic OH excluding ortho intramolecular Hbond substituents is 1. The molecule has 0 fully saturated rings. The van der Waals surface area contributed by atoms with E-state index in [0.29, 0.717) is 15.9 Å². The molecule has 0 spiro atoms. The Hall–Kier alpha value is -1.28. The third-order valence-corrected chi connectivity index (χ3v) is 2.23. The number of aromatic nitrogens is 1. The van der Waals surface area contributed by atoms with Gasteiger partial charge in [0.1, 0.15) is 5.75 Å². The van der Waals surface area contributed by atoms with E-state index in [1.54, 1.807) is 12.1 Å². The van der Waals surface area contributed by atoms with Gasteiger partial charge in [0.25, 0.3) is 0 Å². The van der Waals surface area contributed by atoms with Gasteiger partial charge in [0.2, 0.25) is 0 Å². The maximum absolute atomic E-state index is 9.49. The van der Waals surface area contributed by atoms with E-state index in [9.17, 15) is 5.11 Å². The molecular weight excluding hydrogens is 186 g/mol. The number of fused-ring (bicyclic) bond motifs is 1. The van der Waals surface area contributed by atoms with Crippen LogP contribution in [-0.4, -0.2) is 10.1 Å². The summed E-state index contributed by atoms with van der Waals surface area (Å²) in [5.41, 5.74) is 1.54. The largest absolute Gasteiger partial charge is 0.507 e. The Balaban J connectivity index is 2.92. The summed E-state index contributed by atoms with van der Waals surface area (Å²) < 4.78 is 0. The normalized spacial score (nSPS) is 10.6. The molecule has 1 heterocycles. The Kier molecular flexibility index (Phi) is 1.85. The maximum Gasteiger partial charge on any atom is 0.125 e. The summed E-state index contributed by atoms with van der Waals surface area (Å²) in [6, 6.07) is 6.88. The van der Waals surface area contributed by atoms with Crippen molar-refractivity contribution in [1.29, 1.82) is 0 Å². The number of hydrogen-bond donors (Lipinski definition) is 1. The van der Waals surface area contributed by atoms with Gasteiger partial charge in [-0.25, -0.2) is 0 Å². The standard InChI is InChI=1S/C10H8ClNO/c1-6-2-3-7-9(13)5-4-8(11)10(7)12-6/h2-5,13H,1H3. The fourth-order valence-corrected chi connectivity index (χ4v) is 1.47. The second-order valence-corrected chi connectivity index (χ2v) is 3.32. The first-order chi connectivity index (χ1) is 6.18. The predicted molar refractivity (Wildman–Crippen MR) is 53.2 cm³/mol. The van der Waals surface area contributed by atoms with Crippen LogP contribution in [0.25, 0.3) is 10.9 Å². The molecule has 2 aromatic rings. The van der Waals surface area contributed by atoms with Gasteiger partial charge in [-0.3, -0.25) is 4.98 Å². The number of pyridine rings is 1. The van der Waals surface area contributed by atoms with E-state index >= 15 is 0 Å². The number of hydrogen-bond acceptors (Lipinski definition) is 2. The highest BCUT2D eigenvalue weighted by Gasteiger charge is 2.04. The molecule has 1 aromatic carbocycles. The highest BCUT2D eigenvalue weighted by atomic mass is 35.5. The van der Waals surface area contributed by atoms with Crippen LogP contribution in [-0.2, 0) is 0 Å². The fraction of sp³-hybridized carbons (Fsp3) is 0.100. The Morgan fingerprint density at radius 3 is 2.77 bits per heavy atom. The molecule has 0 aliphatic rings. The van der Waals surface area contributed by atoms with Gasteiger partial charge in [-0.1, -0.05) is 11.6 Å². The molecule has 0 bridgehead atoms. The van der Waals surface area contributed by atoms with E-state index in [4.69, 9.17) is 11.6 Å². The molecule has 0 radical (unpaired) electrons. The summed E-state index contributed by atoms with van der Waals surface area (Å²) in [7, 11) is 0.